The van der Waals surface area contributed by atoms with Gasteiger partial charge in [0, 0.05) is 31.7 Å². The summed E-state index contributed by atoms with van der Waals surface area (Å²) in [5.74, 6) is -0.143. The molecular weight excluding hydrogens is 524 g/mol. The van der Waals surface area contributed by atoms with Gasteiger partial charge in [-0.2, -0.15) is 0 Å². The molecule has 0 bridgehead atoms. The van der Waals surface area contributed by atoms with Gasteiger partial charge in [0.15, 0.2) is 0 Å². The lowest BCUT2D eigenvalue weighted by Gasteiger charge is -2.39. The fourth-order valence-electron chi connectivity index (χ4n) is 5.84. The van der Waals surface area contributed by atoms with Crippen molar-refractivity contribution in [2.45, 2.75) is 122 Å². The lowest BCUT2D eigenvalue weighted by atomic mass is 9.87. The molecule has 9 nitrogen and oxygen atoms in total. The number of ether oxygens (including phenoxy) is 3. The van der Waals surface area contributed by atoms with Crippen LogP contribution >= 0.6 is 0 Å². The molecular formula is C32H52N2O7. The van der Waals surface area contributed by atoms with Crippen LogP contribution in [0.15, 0.2) is 36.0 Å². The monoisotopic (exact) mass is 576 g/mol. The maximum absolute atomic E-state index is 12.6. The molecule has 3 saturated heterocycles. The maximum Gasteiger partial charge on any atom is 0.410 e. The van der Waals surface area contributed by atoms with E-state index in [1.807, 2.05) is 26.0 Å². The van der Waals surface area contributed by atoms with Crippen LogP contribution in [0.5, 0.6) is 0 Å². The highest BCUT2D eigenvalue weighted by Crippen LogP contribution is 2.29. The number of allylic oxidation sites excluding steroid dienone is 2. The van der Waals surface area contributed by atoms with E-state index in [-0.39, 0.29) is 54.8 Å². The number of carbonyl (C=O) groups excluding carboxylic acids is 2. The number of rotatable bonds is 10. The SMILES string of the molecule is CC[C@@H]1CC(CO)[C@H](O)C(/C=C/C(C)=C/C[C@@H]2OC(C)[C@H](NC(=O)/C=C\C(C)OC(=O)N3CCCCC3)CC2C)O1. The second-order valence-electron chi connectivity index (χ2n) is 12.0. The summed E-state index contributed by atoms with van der Waals surface area (Å²) in [6.45, 7) is 11.4. The van der Waals surface area contributed by atoms with Crippen LogP contribution in [0.2, 0.25) is 0 Å². The number of nitrogens with zero attached hydrogens (tertiary/aromatic N) is 1. The van der Waals surface area contributed by atoms with Gasteiger partial charge in [0.1, 0.15) is 12.2 Å². The second kappa shape index (κ2) is 16.4. The Morgan fingerprint density at radius 2 is 1.85 bits per heavy atom. The van der Waals surface area contributed by atoms with E-state index in [0.29, 0.717) is 6.42 Å². The van der Waals surface area contributed by atoms with Gasteiger partial charge in [-0.3, -0.25) is 4.79 Å². The van der Waals surface area contributed by atoms with Crippen molar-refractivity contribution < 1.29 is 34.0 Å². The molecule has 9 atom stereocenters. The fraction of sp³-hybridized carbons (Fsp3) is 0.750. The molecule has 5 unspecified atom stereocenters. The molecule has 0 aromatic heterocycles. The van der Waals surface area contributed by atoms with Gasteiger partial charge < -0.3 is 34.6 Å². The summed E-state index contributed by atoms with van der Waals surface area (Å²) in [5.41, 5.74) is 1.05. The molecule has 9 heteroatoms. The Morgan fingerprint density at radius 1 is 1.12 bits per heavy atom. The number of carbonyl (C=O) groups is 2. The zero-order valence-electron chi connectivity index (χ0n) is 25.5. The number of piperidine rings is 1. The van der Waals surface area contributed by atoms with Crippen LogP contribution in [-0.4, -0.2) is 89.5 Å². The van der Waals surface area contributed by atoms with Crippen molar-refractivity contribution in [3.8, 4) is 0 Å². The van der Waals surface area contributed by atoms with Crippen molar-refractivity contribution in [1.82, 2.24) is 10.2 Å². The van der Waals surface area contributed by atoms with Crippen LogP contribution in [0.3, 0.4) is 0 Å². The molecule has 2 amide bonds. The molecule has 0 aliphatic carbocycles. The van der Waals surface area contributed by atoms with Crippen LogP contribution in [-0.2, 0) is 19.0 Å². The molecule has 3 heterocycles. The zero-order chi connectivity index (χ0) is 29.9. The summed E-state index contributed by atoms with van der Waals surface area (Å²) in [6, 6.07) is -0.106. The third-order valence-corrected chi connectivity index (χ3v) is 8.61. The predicted octanol–water partition coefficient (Wildman–Crippen LogP) is 4.28. The predicted molar refractivity (Wildman–Crippen MR) is 158 cm³/mol. The number of hydrogen-bond acceptors (Lipinski definition) is 7. The molecule has 41 heavy (non-hydrogen) atoms. The van der Waals surface area contributed by atoms with Gasteiger partial charge in [-0.05, 0) is 77.7 Å². The molecule has 0 spiro atoms. The highest BCUT2D eigenvalue weighted by atomic mass is 16.6. The number of aliphatic hydroxyl groups is 2. The Hall–Kier alpha value is -2.20. The Balaban J connectivity index is 1.44. The number of aliphatic hydroxyl groups excluding tert-OH is 2. The van der Waals surface area contributed by atoms with Crippen molar-refractivity contribution in [1.29, 1.82) is 0 Å². The first-order chi connectivity index (χ1) is 19.6. The van der Waals surface area contributed by atoms with Crippen molar-refractivity contribution in [3.05, 3.63) is 36.0 Å². The van der Waals surface area contributed by atoms with Crippen molar-refractivity contribution in [2.75, 3.05) is 19.7 Å². The van der Waals surface area contributed by atoms with Gasteiger partial charge in [0.25, 0.3) is 0 Å². The molecule has 0 saturated carbocycles. The number of amides is 2. The summed E-state index contributed by atoms with van der Waals surface area (Å²) < 4.78 is 17.8. The van der Waals surface area contributed by atoms with Crippen LogP contribution in [0.4, 0.5) is 4.79 Å². The van der Waals surface area contributed by atoms with E-state index in [9.17, 15) is 19.8 Å². The maximum atomic E-state index is 12.6. The van der Waals surface area contributed by atoms with Crippen molar-refractivity contribution in [2.24, 2.45) is 11.8 Å². The first kappa shape index (κ1) is 33.3. The Kier molecular flexibility index (Phi) is 13.4. The third-order valence-electron chi connectivity index (χ3n) is 8.61. The van der Waals surface area contributed by atoms with E-state index >= 15 is 0 Å². The molecule has 3 N–H and O–H groups in total. The van der Waals surface area contributed by atoms with E-state index in [0.717, 1.165) is 57.2 Å². The minimum atomic E-state index is -0.714. The third kappa shape index (κ3) is 10.2. The summed E-state index contributed by atoms with van der Waals surface area (Å²) in [4.78, 5) is 26.6. The van der Waals surface area contributed by atoms with Gasteiger partial charge in [-0.25, -0.2) is 4.79 Å². The van der Waals surface area contributed by atoms with E-state index < -0.39 is 18.3 Å². The molecule has 3 aliphatic heterocycles. The highest BCUT2D eigenvalue weighted by molar-refractivity contribution is 5.87. The van der Waals surface area contributed by atoms with E-state index in [2.05, 4.69) is 25.2 Å². The van der Waals surface area contributed by atoms with Gasteiger partial charge in [0.2, 0.25) is 5.91 Å². The van der Waals surface area contributed by atoms with Crippen LogP contribution in [0.25, 0.3) is 0 Å². The van der Waals surface area contributed by atoms with Crippen molar-refractivity contribution in [3.63, 3.8) is 0 Å². The Labute approximate surface area is 246 Å². The minimum Gasteiger partial charge on any atom is -0.442 e. The number of likely N-dealkylation sites (tertiary alicyclic amines) is 1. The average Bonchev–Trinajstić information content (AvgIpc) is 2.96. The van der Waals surface area contributed by atoms with E-state index in [1.54, 1.807) is 17.9 Å². The lowest BCUT2D eigenvalue weighted by Crippen LogP contribution is -2.50. The Bertz CT molecular complexity index is 929. The summed E-state index contributed by atoms with van der Waals surface area (Å²) in [6.07, 6.45) is 13.3. The number of nitrogens with one attached hydrogen (secondary N) is 1. The fourth-order valence-corrected chi connectivity index (χ4v) is 5.84. The van der Waals surface area contributed by atoms with Crippen molar-refractivity contribution >= 4 is 12.0 Å². The first-order valence-electron chi connectivity index (χ1n) is 15.5. The molecule has 3 aliphatic rings. The summed E-state index contributed by atoms with van der Waals surface area (Å²) in [5, 5.41) is 23.2. The largest absolute Gasteiger partial charge is 0.442 e. The average molecular weight is 577 g/mol. The molecule has 3 fully saturated rings. The van der Waals surface area contributed by atoms with Gasteiger partial charge in [-0.15, -0.1) is 0 Å². The summed E-state index contributed by atoms with van der Waals surface area (Å²) >= 11 is 0. The van der Waals surface area contributed by atoms with Gasteiger partial charge >= 0.3 is 6.09 Å². The normalized spacial score (nSPS) is 34.1. The molecule has 3 rings (SSSR count). The lowest BCUT2D eigenvalue weighted by molar-refractivity contribution is -0.133. The van der Waals surface area contributed by atoms with Gasteiger partial charge in [0.05, 0.1) is 30.5 Å². The van der Waals surface area contributed by atoms with E-state index in [1.165, 1.54) is 6.08 Å². The molecule has 232 valence electrons. The quantitative estimate of drug-likeness (QED) is 0.262. The van der Waals surface area contributed by atoms with Gasteiger partial charge in [-0.1, -0.05) is 37.6 Å². The smallest absolute Gasteiger partial charge is 0.410 e. The van der Waals surface area contributed by atoms with Crippen LogP contribution in [0, 0.1) is 11.8 Å². The highest BCUT2D eigenvalue weighted by Gasteiger charge is 2.35. The number of hydrogen-bond donors (Lipinski definition) is 3. The molecule has 0 radical (unpaired) electrons. The Morgan fingerprint density at radius 3 is 2.54 bits per heavy atom. The molecule has 0 aromatic carbocycles. The first-order valence-corrected chi connectivity index (χ1v) is 15.5. The standard InChI is InChI=1S/C32H52N2O7/c1-6-26-19-25(20-35)31(37)29(41-26)14-11-21(2)10-13-28-22(3)18-27(24(5)40-28)33-30(36)15-12-23(4)39-32(38)34-16-8-7-9-17-34/h10-12,14-15,22-29,31,35,37H,6-9,13,16-20H2,1-5H3,(H,33,36)/b14-11+,15-12-,21-10+/t22?,23?,24?,25?,26-,27-,28+,29?,31+/m1/s1. The van der Waals surface area contributed by atoms with Crippen LogP contribution < -0.4 is 5.32 Å². The van der Waals surface area contributed by atoms with Crippen LogP contribution in [0.1, 0.15) is 79.6 Å². The minimum absolute atomic E-state index is 0.0334. The van der Waals surface area contributed by atoms with E-state index in [4.69, 9.17) is 14.2 Å². The topological polar surface area (TPSA) is 118 Å². The second-order valence-corrected chi connectivity index (χ2v) is 12.0. The summed E-state index contributed by atoms with van der Waals surface area (Å²) in [7, 11) is 0. The zero-order valence-corrected chi connectivity index (χ0v) is 25.5. The molecule has 0 aromatic rings.